The largest absolute Gasteiger partial charge is 0.347 e. The van der Waals surface area contributed by atoms with Crippen molar-refractivity contribution in [2.24, 2.45) is 0 Å². The Bertz CT molecular complexity index is 932. The zero-order valence-electron chi connectivity index (χ0n) is 15.1. The summed E-state index contributed by atoms with van der Waals surface area (Å²) in [6.07, 6.45) is 4.25. The monoisotopic (exact) mass is 379 g/mol. The minimum atomic E-state index is -0.107. The normalized spacial score (nSPS) is 13.7. The summed E-state index contributed by atoms with van der Waals surface area (Å²) in [6.45, 7) is 1.40. The third-order valence-electron chi connectivity index (χ3n) is 4.98. The summed E-state index contributed by atoms with van der Waals surface area (Å²) in [7, 11) is 0. The van der Waals surface area contributed by atoms with Gasteiger partial charge in [-0.25, -0.2) is 4.98 Å². The molecule has 0 atom stereocenters. The Labute approximate surface area is 164 Å². The Morgan fingerprint density at radius 1 is 1.04 bits per heavy atom. The lowest BCUT2D eigenvalue weighted by Crippen LogP contribution is -2.24. The Balaban J connectivity index is 1.65. The quantitative estimate of drug-likeness (QED) is 0.703. The smallest absolute Gasteiger partial charge is 0.272 e. The lowest BCUT2D eigenvalue weighted by atomic mass is 10.1. The summed E-state index contributed by atoms with van der Waals surface area (Å²) in [5.74, 6) is 0.748. The molecular weight excluding hydrogens is 358 g/mol. The van der Waals surface area contributed by atoms with Crippen LogP contribution in [0.5, 0.6) is 0 Å². The molecule has 1 aliphatic rings. The summed E-state index contributed by atoms with van der Waals surface area (Å²) >= 11 is 6.03. The number of hydrogen-bond donors (Lipinski definition) is 1. The SMILES string of the molecule is O=C(NCc1ccccc1)c1nc(-c2ccc(Cl)cc2)n2c1CCCCC2. The number of nitrogens with one attached hydrogen (secondary N) is 1. The summed E-state index contributed by atoms with van der Waals surface area (Å²) in [5, 5.41) is 3.72. The Hall–Kier alpha value is -2.59. The third-order valence-corrected chi connectivity index (χ3v) is 5.23. The molecule has 4 rings (SSSR count). The molecule has 1 N–H and O–H groups in total. The Morgan fingerprint density at radius 2 is 1.81 bits per heavy atom. The van der Waals surface area contributed by atoms with E-state index in [0.717, 1.165) is 48.5 Å². The highest BCUT2D eigenvalue weighted by Gasteiger charge is 2.24. The van der Waals surface area contributed by atoms with Crippen LogP contribution in [-0.2, 0) is 19.5 Å². The van der Waals surface area contributed by atoms with E-state index in [9.17, 15) is 4.79 Å². The van der Waals surface area contributed by atoms with Crippen molar-refractivity contribution in [3.8, 4) is 11.4 Å². The number of nitrogens with zero attached hydrogens (tertiary/aromatic N) is 2. The molecule has 0 spiro atoms. The standard InChI is InChI=1S/C22H22ClN3O/c23-18-12-10-17(11-13-18)21-25-20(19-9-5-2-6-14-26(19)21)22(27)24-15-16-7-3-1-4-8-16/h1,3-4,7-8,10-13H,2,5-6,9,14-15H2,(H,24,27). The minimum Gasteiger partial charge on any atom is -0.347 e. The molecule has 5 heteroatoms. The maximum Gasteiger partial charge on any atom is 0.272 e. The van der Waals surface area contributed by atoms with Gasteiger partial charge in [-0.1, -0.05) is 48.4 Å². The van der Waals surface area contributed by atoms with Crippen LogP contribution in [0.3, 0.4) is 0 Å². The zero-order chi connectivity index (χ0) is 18.6. The fourth-order valence-corrected chi connectivity index (χ4v) is 3.71. The van der Waals surface area contributed by atoms with Crippen molar-refractivity contribution >= 4 is 17.5 Å². The second-order valence-electron chi connectivity index (χ2n) is 6.87. The number of amides is 1. The van der Waals surface area contributed by atoms with Gasteiger partial charge in [0, 0.05) is 23.7 Å². The summed E-state index contributed by atoms with van der Waals surface area (Å²) in [5.41, 5.74) is 3.67. The second kappa shape index (κ2) is 7.97. The number of carbonyl (C=O) groups excluding carboxylic acids is 1. The molecule has 0 saturated carbocycles. The van der Waals surface area contributed by atoms with Crippen molar-refractivity contribution in [3.63, 3.8) is 0 Å². The summed E-state index contributed by atoms with van der Waals surface area (Å²) in [6, 6.07) is 17.6. The molecule has 0 bridgehead atoms. The molecule has 2 heterocycles. The molecular formula is C22H22ClN3O. The molecule has 1 amide bonds. The summed E-state index contributed by atoms with van der Waals surface area (Å²) < 4.78 is 2.22. The van der Waals surface area contributed by atoms with E-state index in [1.165, 1.54) is 6.42 Å². The van der Waals surface area contributed by atoms with E-state index >= 15 is 0 Å². The second-order valence-corrected chi connectivity index (χ2v) is 7.30. The molecule has 1 aliphatic heterocycles. The lowest BCUT2D eigenvalue weighted by Gasteiger charge is -2.09. The number of hydrogen-bond acceptors (Lipinski definition) is 2. The molecule has 0 fully saturated rings. The van der Waals surface area contributed by atoms with Crippen LogP contribution < -0.4 is 5.32 Å². The lowest BCUT2D eigenvalue weighted by molar-refractivity contribution is 0.0945. The molecule has 1 aromatic heterocycles. The molecule has 0 radical (unpaired) electrons. The van der Waals surface area contributed by atoms with Crippen molar-refractivity contribution in [2.75, 3.05) is 0 Å². The van der Waals surface area contributed by atoms with Crippen molar-refractivity contribution < 1.29 is 4.79 Å². The highest BCUT2D eigenvalue weighted by atomic mass is 35.5. The van der Waals surface area contributed by atoms with E-state index in [4.69, 9.17) is 16.6 Å². The van der Waals surface area contributed by atoms with E-state index < -0.39 is 0 Å². The molecule has 27 heavy (non-hydrogen) atoms. The van der Waals surface area contributed by atoms with Crippen molar-refractivity contribution in [1.82, 2.24) is 14.9 Å². The first-order valence-electron chi connectivity index (χ1n) is 9.40. The number of fused-ring (bicyclic) bond motifs is 1. The van der Waals surface area contributed by atoms with Gasteiger partial charge in [-0.2, -0.15) is 0 Å². The average Bonchev–Trinajstić information content (AvgIpc) is 2.89. The van der Waals surface area contributed by atoms with Crippen LogP contribution in [-0.4, -0.2) is 15.5 Å². The fourth-order valence-electron chi connectivity index (χ4n) is 3.58. The maximum absolute atomic E-state index is 12.9. The molecule has 138 valence electrons. The number of carbonyl (C=O) groups is 1. The number of rotatable bonds is 4. The maximum atomic E-state index is 12.9. The van der Waals surface area contributed by atoms with Gasteiger partial charge in [0.2, 0.25) is 0 Å². The third kappa shape index (κ3) is 3.91. The predicted molar refractivity (Wildman–Crippen MR) is 108 cm³/mol. The van der Waals surface area contributed by atoms with Gasteiger partial charge in [0.05, 0.1) is 5.69 Å². The molecule has 3 aromatic rings. The minimum absolute atomic E-state index is 0.107. The van der Waals surface area contributed by atoms with Gasteiger partial charge in [-0.15, -0.1) is 0 Å². The van der Waals surface area contributed by atoms with Crippen LogP contribution in [0.2, 0.25) is 5.02 Å². The topological polar surface area (TPSA) is 46.9 Å². The van der Waals surface area contributed by atoms with Gasteiger partial charge in [-0.05, 0) is 49.1 Å². The molecule has 0 saturated heterocycles. The van der Waals surface area contributed by atoms with E-state index in [2.05, 4.69) is 9.88 Å². The van der Waals surface area contributed by atoms with Gasteiger partial charge in [0.25, 0.3) is 5.91 Å². The van der Waals surface area contributed by atoms with E-state index in [1.807, 2.05) is 54.6 Å². The van der Waals surface area contributed by atoms with Gasteiger partial charge in [-0.3, -0.25) is 4.79 Å². The van der Waals surface area contributed by atoms with Gasteiger partial charge in [0.15, 0.2) is 0 Å². The van der Waals surface area contributed by atoms with E-state index in [1.54, 1.807) is 0 Å². The molecule has 4 nitrogen and oxygen atoms in total. The highest BCUT2D eigenvalue weighted by molar-refractivity contribution is 6.30. The van der Waals surface area contributed by atoms with Crippen molar-refractivity contribution in [2.45, 2.75) is 38.8 Å². The van der Waals surface area contributed by atoms with Gasteiger partial charge >= 0.3 is 0 Å². The summed E-state index contributed by atoms with van der Waals surface area (Å²) in [4.78, 5) is 17.6. The zero-order valence-corrected chi connectivity index (χ0v) is 15.9. The van der Waals surface area contributed by atoms with Crippen LogP contribution in [0.25, 0.3) is 11.4 Å². The number of imidazole rings is 1. The molecule has 2 aromatic carbocycles. The van der Waals surface area contributed by atoms with E-state index in [0.29, 0.717) is 17.3 Å². The number of benzene rings is 2. The van der Waals surface area contributed by atoms with E-state index in [-0.39, 0.29) is 5.91 Å². The van der Waals surface area contributed by atoms with Crippen molar-refractivity contribution in [1.29, 1.82) is 0 Å². The first kappa shape index (κ1) is 17.8. The molecule has 0 unspecified atom stereocenters. The van der Waals surface area contributed by atoms with Crippen LogP contribution in [0.15, 0.2) is 54.6 Å². The highest BCUT2D eigenvalue weighted by Crippen LogP contribution is 2.28. The Kier molecular flexibility index (Phi) is 5.26. The molecule has 0 aliphatic carbocycles. The average molecular weight is 380 g/mol. The predicted octanol–water partition coefficient (Wildman–Crippen LogP) is 4.86. The first-order valence-corrected chi connectivity index (χ1v) is 9.77. The number of halogens is 1. The van der Waals surface area contributed by atoms with Crippen LogP contribution >= 0.6 is 11.6 Å². The number of aromatic nitrogens is 2. The van der Waals surface area contributed by atoms with Gasteiger partial charge < -0.3 is 9.88 Å². The van der Waals surface area contributed by atoms with Crippen LogP contribution in [0.1, 0.15) is 41.0 Å². The Morgan fingerprint density at radius 3 is 2.59 bits per heavy atom. The fraction of sp³-hybridized carbons (Fsp3) is 0.273. The van der Waals surface area contributed by atoms with Gasteiger partial charge in [0.1, 0.15) is 11.5 Å². The van der Waals surface area contributed by atoms with Crippen LogP contribution in [0.4, 0.5) is 0 Å². The van der Waals surface area contributed by atoms with Crippen molar-refractivity contribution in [3.05, 3.63) is 76.6 Å². The first-order chi connectivity index (χ1) is 13.2. The van der Waals surface area contributed by atoms with Crippen LogP contribution in [0, 0.1) is 0 Å².